The van der Waals surface area contributed by atoms with E-state index >= 15 is 0 Å². The van der Waals surface area contributed by atoms with E-state index in [1.54, 1.807) is 41.7 Å². The van der Waals surface area contributed by atoms with Crippen molar-refractivity contribution in [3.8, 4) is 0 Å². The van der Waals surface area contributed by atoms with Crippen LogP contribution < -0.4 is 14.8 Å². The molecule has 0 unspecified atom stereocenters. The highest BCUT2D eigenvalue weighted by atomic mass is 16.5. The summed E-state index contributed by atoms with van der Waals surface area (Å²) < 4.78 is 5.34. The highest BCUT2D eigenvalue weighted by Gasteiger charge is 2.29. The van der Waals surface area contributed by atoms with Gasteiger partial charge in [-0.3, -0.25) is 9.69 Å². The molecule has 2 aliphatic heterocycles. The van der Waals surface area contributed by atoms with E-state index in [1.807, 2.05) is 4.90 Å². The van der Waals surface area contributed by atoms with Gasteiger partial charge in [-0.25, -0.2) is 19.7 Å². The minimum atomic E-state index is -0.478. The van der Waals surface area contributed by atoms with Crippen molar-refractivity contribution in [3.63, 3.8) is 0 Å². The number of H-pyrrole nitrogens is 1. The molecule has 0 bridgehead atoms. The highest BCUT2D eigenvalue weighted by Crippen LogP contribution is 2.20. The molecule has 2 aromatic heterocycles. The molecule has 0 atom stereocenters. The summed E-state index contributed by atoms with van der Waals surface area (Å²) >= 11 is 0. The van der Waals surface area contributed by atoms with Gasteiger partial charge < -0.3 is 14.5 Å². The van der Waals surface area contributed by atoms with E-state index in [9.17, 15) is 9.59 Å². The Morgan fingerprint density at radius 1 is 0.966 bits per heavy atom. The SMILES string of the molecule is O=C(OCC(=O)N1CCN(c2ncccn2)CC1)c1ccc[nH+]c1N1CCCC1. The Balaban J connectivity index is 1.30. The lowest BCUT2D eigenvalue weighted by Crippen LogP contribution is -2.50. The monoisotopic (exact) mass is 397 g/mol. The quantitative estimate of drug-likeness (QED) is 0.674. The number of carbonyl (C=O) groups excluding carboxylic acids is 2. The standard InChI is InChI=1S/C20H24N6O3/c27-17(24-11-13-26(14-12-24)20-22-7-4-8-23-20)15-29-19(28)16-5-3-6-21-18(16)25-9-1-2-10-25/h3-8H,1-2,9-15H2/p+1. The van der Waals surface area contributed by atoms with Gasteiger partial charge in [0, 0.05) is 38.6 Å². The number of aromatic amines is 1. The Kier molecular flexibility index (Phi) is 5.83. The van der Waals surface area contributed by atoms with Gasteiger partial charge in [-0.15, -0.1) is 0 Å². The zero-order chi connectivity index (χ0) is 20.1. The fourth-order valence-electron chi connectivity index (χ4n) is 3.70. The lowest BCUT2D eigenvalue weighted by atomic mass is 10.2. The van der Waals surface area contributed by atoms with Crippen LogP contribution in [0.5, 0.6) is 0 Å². The molecule has 4 rings (SSSR count). The Labute approximate surface area is 169 Å². The predicted octanol–water partition coefficient (Wildman–Crippen LogP) is 0.397. The number of anilines is 2. The van der Waals surface area contributed by atoms with Gasteiger partial charge >= 0.3 is 5.97 Å². The van der Waals surface area contributed by atoms with Gasteiger partial charge in [-0.1, -0.05) is 0 Å². The van der Waals surface area contributed by atoms with Crippen LogP contribution in [0.2, 0.25) is 0 Å². The summed E-state index contributed by atoms with van der Waals surface area (Å²) in [6.45, 7) is 3.96. The number of rotatable bonds is 5. The largest absolute Gasteiger partial charge is 0.452 e. The van der Waals surface area contributed by atoms with Gasteiger partial charge in [0.25, 0.3) is 11.7 Å². The molecule has 152 valence electrons. The molecular formula is C20H25N6O3+. The smallest absolute Gasteiger partial charge is 0.347 e. The number of piperazine rings is 1. The van der Waals surface area contributed by atoms with Crippen LogP contribution in [0.1, 0.15) is 23.2 Å². The second-order valence-electron chi connectivity index (χ2n) is 7.12. The van der Waals surface area contributed by atoms with E-state index in [2.05, 4.69) is 19.9 Å². The first-order valence-corrected chi connectivity index (χ1v) is 9.95. The van der Waals surface area contributed by atoms with Crippen molar-refractivity contribution >= 4 is 23.6 Å². The predicted molar refractivity (Wildman–Crippen MR) is 106 cm³/mol. The topological polar surface area (TPSA) is 93.0 Å². The third-order valence-electron chi connectivity index (χ3n) is 5.27. The first-order valence-electron chi connectivity index (χ1n) is 9.95. The number of aromatic nitrogens is 3. The summed E-state index contributed by atoms with van der Waals surface area (Å²) in [6.07, 6.45) is 7.42. The number of nitrogens with one attached hydrogen (secondary N) is 1. The Bertz CT molecular complexity index is 848. The summed E-state index contributed by atoms with van der Waals surface area (Å²) in [5.41, 5.74) is 0.466. The van der Waals surface area contributed by atoms with Crippen molar-refractivity contribution in [2.75, 3.05) is 55.7 Å². The summed E-state index contributed by atoms with van der Waals surface area (Å²) in [4.78, 5) is 42.6. The summed E-state index contributed by atoms with van der Waals surface area (Å²) in [5, 5.41) is 0. The molecule has 0 aliphatic carbocycles. The molecule has 29 heavy (non-hydrogen) atoms. The van der Waals surface area contributed by atoms with Crippen molar-refractivity contribution in [2.24, 2.45) is 0 Å². The van der Waals surface area contributed by atoms with Gasteiger partial charge in [0.1, 0.15) is 5.56 Å². The minimum absolute atomic E-state index is 0.186. The number of hydrogen-bond acceptors (Lipinski definition) is 7. The van der Waals surface area contributed by atoms with Crippen LogP contribution >= 0.6 is 0 Å². The molecule has 0 saturated carbocycles. The van der Waals surface area contributed by atoms with E-state index in [0.29, 0.717) is 37.7 Å². The number of carbonyl (C=O) groups is 2. The molecule has 1 amide bonds. The molecule has 2 aliphatic rings. The van der Waals surface area contributed by atoms with Gasteiger partial charge in [0.05, 0.1) is 19.3 Å². The molecule has 0 radical (unpaired) electrons. The molecule has 1 N–H and O–H groups in total. The summed E-state index contributed by atoms with van der Waals surface area (Å²) in [6, 6.07) is 5.27. The van der Waals surface area contributed by atoms with E-state index < -0.39 is 5.97 Å². The molecule has 9 nitrogen and oxygen atoms in total. The van der Waals surface area contributed by atoms with Crippen LogP contribution in [-0.2, 0) is 9.53 Å². The molecule has 2 saturated heterocycles. The van der Waals surface area contributed by atoms with Gasteiger partial charge in [-0.2, -0.15) is 0 Å². The second-order valence-corrected chi connectivity index (χ2v) is 7.12. The number of pyridine rings is 1. The first-order chi connectivity index (χ1) is 14.2. The van der Waals surface area contributed by atoms with Crippen LogP contribution in [0.15, 0.2) is 36.8 Å². The van der Waals surface area contributed by atoms with Crippen LogP contribution in [0.3, 0.4) is 0 Å². The van der Waals surface area contributed by atoms with Crippen LogP contribution in [0.4, 0.5) is 11.8 Å². The van der Waals surface area contributed by atoms with E-state index in [4.69, 9.17) is 4.74 Å². The zero-order valence-electron chi connectivity index (χ0n) is 16.3. The Hall–Kier alpha value is -3.23. The first kappa shape index (κ1) is 19.1. The number of ether oxygens (including phenoxy) is 1. The second kappa shape index (κ2) is 8.85. The zero-order valence-corrected chi connectivity index (χ0v) is 16.3. The third-order valence-corrected chi connectivity index (χ3v) is 5.27. The molecule has 0 spiro atoms. The average Bonchev–Trinajstić information content (AvgIpc) is 3.33. The number of esters is 1. The van der Waals surface area contributed by atoms with Gasteiger partial charge in [0.15, 0.2) is 6.61 Å². The fraction of sp³-hybridized carbons (Fsp3) is 0.450. The normalized spacial score (nSPS) is 16.8. The molecule has 4 heterocycles. The lowest BCUT2D eigenvalue weighted by Gasteiger charge is -2.34. The van der Waals surface area contributed by atoms with Gasteiger partial charge in [0.2, 0.25) is 5.95 Å². The molecular weight excluding hydrogens is 372 g/mol. The molecule has 2 aromatic rings. The lowest BCUT2D eigenvalue weighted by molar-refractivity contribution is -0.364. The Morgan fingerprint density at radius 3 is 2.41 bits per heavy atom. The van der Waals surface area contributed by atoms with E-state index in [1.165, 1.54) is 0 Å². The van der Waals surface area contributed by atoms with E-state index in [-0.39, 0.29) is 12.5 Å². The van der Waals surface area contributed by atoms with Crippen molar-refractivity contribution in [1.82, 2.24) is 14.9 Å². The van der Waals surface area contributed by atoms with Crippen molar-refractivity contribution in [3.05, 3.63) is 42.4 Å². The van der Waals surface area contributed by atoms with E-state index in [0.717, 1.165) is 31.7 Å². The Morgan fingerprint density at radius 2 is 1.69 bits per heavy atom. The maximum Gasteiger partial charge on any atom is 0.347 e. The van der Waals surface area contributed by atoms with Crippen molar-refractivity contribution in [2.45, 2.75) is 12.8 Å². The van der Waals surface area contributed by atoms with Crippen LogP contribution in [0.25, 0.3) is 0 Å². The van der Waals surface area contributed by atoms with Gasteiger partial charge in [-0.05, 0) is 31.0 Å². The highest BCUT2D eigenvalue weighted by molar-refractivity contribution is 5.95. The fourth-order valence-corrected chi connectivity index (χ4v) is 3.70. The summed E-state index contributed by atoms with van der Waals surface area (Å²) in [7, 11) is 0. The number of hydrogen-bond donors (Lipinski definition) is 0. The number of amides is 1. The number of nitrogens with zero attached hydrogens (tertiary/aromatic N) is 5. The molecule has 0 aromatic carbocycles. The maximum absolute atomic E-state index is 12.6. The minimum Gasteiger partial charge on any atom is -0.452 e. The third kappa shape index (κ3) is 4.44. The van der Waals surface area contributed by atoms with Crippen molar-refractivity contribution < 1.29 is 19.3 Å². The van der Waals surface area contributed by atoms with Crippen LogP contribution in [0, 0.1) is 0 Å². The average molecular weight is 397 g/mol. The molecule has 9 heteroatoms. The molecule has 2 fully saturated rings. The maximum atomic E-state index is 12.6. The summed E-state index contributed by atoms with van der Waals surface area (Å²) in [5.74, 6) is 0.766. The van der Waals surface area contributed by atoms with Crippen LogP contribution in [-0.4, -0.2) is 72.6 Å². The van der Waals surface area contributed by atoms with Crippen molar-refractivity contribution in [1.29, 1.82) is 0 Å².